The third-order valence-electron chi connectivity index (χ3n) is 4.74. The maximum Gasteiger partial charge on any atom is 0.338 e. The number of fused-ring (bicyclic) bond motifs is 1. The van der Waals surface area contributed by atoms with Gasteiger partial charge in [0.15, 0.2) is 4.34 Å². The van der Waals surface area contributed by atoms with Gasteiger partial charge in [-0.25, -0.2) is 4.79 Å². The number of ether oxygens (including phenoxy) is 1. The Morgan fingerprint density at radius 3 is 2.78 bits per heavy atom. The number of esters is 1. The number of aromatic nitrogens is 7. The Balaban J connectivity index is 1.47. The van der Waals surface area contributed by atoms with Crippen LogP contribution in [0.15, 0.2) is 70.3 Å². The third-order valence-corrected chi connectivity index (χ3v) is 6.87. The van der Waals surface area contributed by atoms with E-state index in [0.29, 0.717) is 28.7 Å². The fourth-order valence-electron chi connectivity index (χ4n) is 3.31. The van der Waals surface area contributed by atoms with E-state index in [9.17, 15) is 4.79 Å². The summed E-state index contributed by atoms with van der Waals surface area (Å²) in [6, 6.07) is 14.7. The third kappa shape index (κ3) is 3.85. The van der Waals surface area contributed by atoms with Gasteiger partial charge in [0.25, 0.3) is 0 Å². The van der Waals surface area contributed by atoms with Gasteiger partial charge in [-0.1, -0.05) is 64.6 Å². The minimum absolute atomic E-state index is 0.395. The lowest BCUT2D eigenvalue weighted by atomic mass is 10.00. The van der Waals surface area contributed by atoms with Crippen LogP contribution in [-0.4, -0.2) is 54.2 Å². The quantitative estimate of drug-likeness (QED) is 0.337. The molecule has 1 atom stereocenters. The molecular weight excluding hydrogens is 448 g/mol. The molecule has 1 aromatic carbocycles. The molecule has 4 heterocycles. The van der Waals surface area contributed by atoms with E-state index in [1.165, 1.54) is 34.9 Å². The van der Waals surface area contributed by atoms with Crippen molar-refractivity contribution in [1.82, 2.24) is 35.4 Å². The average molecular weight is 465 g/mol. The second-order valence-electron chi connectivity index (χ2n) is 6.64. The van der Waals surface area contributed by atoms with Crippen LogP contribution in [0, 0.1) is 0 Å². The molecule has 0 saturated carbocycles. The lowest BCUT2D eigenvalue weighted by molar-refractivity contribution is -0.136. The summed E-state index contributed by atoms with van der Waals surface area (Å²) in [7, 11) is 1.35. The highest BCUT2D eigenvalue weighted by atomic mass is 32.2. The van der Waals surface area contributed by atoms with Crippen LogP contribution >= 0.6 is 23.1 Å². The van der Waals surface area contributed by atoms with Gasteiger partial charge in [0.05, 0.1) is 18.4 Å². The summed E-state index contributed by atoms with van der Waals surface area (Å²) >= 11 is 2.96. The molecule has 0 amide bonds. The van der Waals surface area contributed by atoms with Gasteiger partial charge < -0.3 is 10.1 Å². The standard InChI is InChI=1S/C20H16N8O2S2/c1-30-18(29)15-14(11-31-20-25-23-17(32-20)12-7-3-2-4-8-12)22-19-24-26-27-28(19)16(15)13-9-5-6-10-21-13/h2-10,16H,11H2,1H3,(H,22,24,27). The highest BCUT2D eigenvalue weighted by Crippen LogP contribution is 2.37. The largest absolute Gasteiger partial charge is 0.466 e. The summed E-state index contributed by atoms with van der Waals surface area (Å²) in [6.45, 7) is 0. The molecule has 1 N–H and O–H groups in total. The van der Waals surface area contributed by atoms with Gasteiger partial charge in [-0.3, -0.25) is 4.98 Å². The number of nitrogens with one attached hydrogen (secondary N) is 1. The molecule has 0 saturated heterocycles. The molecule has 1 unspecified atom stereocenters. The van der Waals surface area contributed by atoms with E-state index in [0.717, 1.165) is 14.9 Å². The minimum atomic E-state index is -0.611. The summed E-state index contributed by atoms with van der Waals surface area (Å²) in [5, 5.41) is 24.4. The van der Waals surface area contributed by atoms with Crippen molar-refractivity contribution in [3.8, 4) is 10.6 Å². The summed E-state index contributed by atoms with van der Waals surface area (Å²) in [5.41, 5.74) is 2.67. The zero-order valence-electron chi connectivity index (χ0n) is 16.7. The Bertz CT molecular complexity index is 1270. The number of nitrogens with zero attached hydrogens (tertiary/aromatic N) is 7. The van der Waals surface area contributed by atoms with E-state index in [-0.39, 0.29) is 0 Å². The average Bonchev–Trinajstić information content (AvgIpc) is 3.52. The molecule has 0 aliphatic carbocycles. The molecule has 0 spiro atoms. The molecule has 10 nitrogen and oxygen atoms in total. The van der Waals surface area contributed by atoms with Crippen LogP contribution in [-0.2, 0) is 9.53 Å². The number of benzene rings is 1. The Hall–Kier alpha value is -3.64. The highest BCUT2D eigenvalue weighted by molar-refractivity contribution is 8.01. The second-order valence-corrected chi connectivity index (χ2v) is 8.84. The minimum Gasteiger partial charge on any atom is -0.466 e. The van der Waals surface area contributed by atoms with Crippen LogP contribution in [0.3, 0.4) is 0 Å². The Morgan fingerprint density at radius 1 is 1.16 bits per heavy atom. The molecule has 0 radical (unpaired) electrons. The molecule has 160 valence electrons. The van der Waals surface area contributed by atoms with Crippen molar-refractivity contribution in [2.75, 3.05) is 18.2 Å². The number of anilines is 1. The molecular formula is C20H16N8O2S2. The van der Waals surface area contributed by atoms with E-state index in [1.54, 1.807) is 6.20 Å². The van der Waals surface area contributed by atoms with Crippen LogP contribution in [0.5, 0.6) is 0 Å². The zero-order chi connectivity index (χ0) is 21.9. The van der Waals surface area contributed by atoms with Crippen LogP contribution < -0.4 is 5.32 Å². The monoisotopic (exact) mass is 464 g/mol. The first-order valence-corrected chi connectivity index (χ1v) is 11.3. The molecule has 0 bridgehead atoms. The van der Waals surface area contributed by atoms with Crippen LogP contribution in [0.2, 0.25) is 0 Å². The Morgan fingerprint density at radius 2 is 2.00 bits per heavy atom. The van der Waals surface area contributed by atoms with Crippen molar-refractivity contribution in [2.24, 2.45) is 0 Å². The van der Waals surface area contributed by atoms with Crippen molar-refractivity contribution in [3.63, 3.8) is 0 Å². The lowest BCUT2D eigenvalue weighted by Crippen LogP contribution is -2.31. The molecule has 0 fully saturated rings. The van der Waals surface area contributed by atoms with Gasteiger partial charge >= 0.3 is 5.97 Å². The van der Waals surface area contributed by atoms with Gasteiger partial charge in [-0.05, 0) is 22.6 Å². The van der Waals surface area contributed by atoms with Crippen molar-refractivity contribution in [1.29, 1.82) is 0 Å². The highest BCUT2D eigenvalue weighted by Gasteiger charge is 2.36. The molecule has 32 heavy (non-hydrogen) atoms. The SMILES string of the molecule is COC(=O)C1=C(CSc2nnc(-c3ccccc3)s2)Nc2nnnn2C1c1ccccn1. The number of thioether (sulfide) groups is 1. The number of rotatable bonds is 6. The first-order valence-electron chi connectivity index (χ1n) is 9.53. The maximum atomic E-state index is 12.8. The zero-order valence-corrected chi connectivity index (χ0v) is 18.4. The fraction of sp³-hybridized carbons (Fsp3) is 0.150. The van der Waals surface area contributed by atoms with Gasteiger partial charge in [0.1, 0.15) is 11.0 Å². The molecule has 4 aromatic rings. The molecule has 5 rings (SSSR count). The smallest absolute Gasteiger partial charge is 0.338 e. The summed E-state index contributed by atoms with van der Waals surface area (Å²) in [6.07, 6.45) is 1.66. The van der Waals surface area contributed by atoms with Crippen molar-refractivity contribution < 1.29 is 9.53 Å². The van der Waals surface area contributed by atoms with Crippen molar-refractivity contribution in [3.05, 3.63) is 71.7 Å². The van der Waals surface area contributed by atoms with Crippen LogP contribution in [0.25, 0.3) is 10.6 Å². The lowest BCUT2D eigenvalue weighted by Gasteiger charge is -2.27. The maximum absolute atomic E-state index is 12.8. The normalized spacial score (nSPS) is 15.2. The molecule has 12 heteroatoms. The Kier molecular flexibility index (Phi) is 5.60. The van der Waals surface area contributed by atoms with Gasteiger partial charge in [-0.2, -0.15) is 4.68 Å². The molecule has 1 aliphatic heterocycles. The van der Waals surface area contributed by atoms with Crippen molar-refractivity contribution >= 4 is 35.0 Å². The van der Waals surface area contributed by atoms with Gasteiger partial charge in [0, 0.05) is 23.2 Å². The number of hydrogen-bond donors (Lipinski definition) is 1. The summed E-state index contributed by atoms with van der Waals surface area (Å²) in [4.78, 5) is 17.3. The predicted molar refractivity (Wildman–Crippen MR) is 119 cm³/mol. The Labute approximate surface area is 190 Å². The number of tetrazole rings is 1. The first-order chi connectivity index (χ1) is 15.7. The number of carbonyl (C=O) groups excluding carboxylic acids is 1. The number of pyridine rings is 1. The van der Waals surface area contributed by atoms with E-state index in [2.05, 4.69) is 36.0 Å². The fourth-order valence-corrected chi connectivity index (χ4v) is 5.13. The first kappa shape index (κ1) is 20.3. The van der Waals surface area contributed by atoms with Gasteiger partial charge in [0.2, 0.25) is 5.95 Å². The van der Waals surface area contributed by atoms with Crippen LogP contribution in [0.4, 0.5) is 5.95 Å². The topological polar surface area (TPSA) is 121 Å². The van der Waals surface area contributed by atoms with E-state index in [4.69, 9.17) is 4.74 Å². The summed E-state index contributed by atoms with van der Waals surface area (Å²) in [5.74, 6) is 0.364. The second kappa shape index (κ2) is 8.85. The van der Waals surface area contributed by atoms with Crippen molar-refractivity contribution in [2.45, 2.75) is 10.4 Å². The van der Waals surface area contributed by atoms with E-state index < -0.39 is 12.0 Å². The number of hydrogen-bond acceptors (Lipinski definition) is 11. The summed E-state index contributed by atoms with van der Waals surface area (Å²) < 4.78 is 7.40. The number of carbonyl (C=O) groups is 1. The predicted octanol–water partition coefficient (Wildman–Crippen LogP) is 2.82. The molecule has 3 aromatic heterocycles. The van der Waals surface area contributed by atoms with Gasteiger partial charge in [-0.15, -0.1) is 10.2 Å². The molecule has 1 aliphatic rings. The van der Waals surface area contributed by atoms with E-state index in [1.807, 2.05) is 48.5 Å². The van der Waals surface area contributed by atoms with Crippen LogP contribution in [0.1, 0.15) is 11.7 Å². The van der Waals surface area contributed by atoms with E-state index >= 15 is 0 Å². The number of methoxy groups -OCH3 is 1.